The van der Waals surface area contributed by atoms with Gasteiger partial charge in [0.25, 0.3) is 5.91 Å². The molecule has 0 saturated carbocycles. The number of amidine groups is 1. The summed E-state index contributed by atoms with van der Waals surface area (Å²) in [6.07, 6.45) is 6.08. The minimum absolute atomic E-state index is 0.0175. The van der Waals surface area contributed by atoms with Crippen LogP contribution in [0.1, 0.15) is 61.9 Å². The van der Waals surface area contributed by atoms with Gasteiger partial charge < -0.3 is 20.4 Å². The van der Waals surface area contributed by atoms with Crippen LogP contribution in [0.15, 0.2) is 59.1 Å². The van der Waals surface area contributed by atoms with Gasteiger partial charge in [0.05, 0.1) is 5.69 Å². The van der Waals surface area contributed by atoms with E-state index in [1.807, 2.05) is 34.1 Å². The molecule has 1 spiro atoms. The van der Waals surface area contributed by atoms with Crippen molar-refractivity contribution in [1.82, 2.24) is 9.80 Å². The topological polar surface area (TPSA) is 82.2 Å². The van der Waals surface area contributed by atoms with Crippen LogP contribution in [0, 0.1) is 5.41 Å². The lowest BCUT2D eigenvalue weighted by Gasteiger charge is -2.55. The molecule has 2 N–H and O–H groups in total. The van der Waals surface area contributed by atoms with Crippen molar-refractivity contribution in [2.24, 2.45) is 16.1 Å². The van der Waals surface area contributed by atoms with E-state index in [1.54, 1.807) is 0 Å². The van der Waals surface area contributed by atoms with E-state index in [1.165, 1.54) is 5.69 Å². The predicted molar refractivity (Wildman–Crippen MR) is 154 cm³/mol. The molecule has 0 atom stereocenters. The van der Waals surface area contributed by atoms with E-state index in [9.17, 15) is 9.59 Å². The second kappa shape index (κ2) is 11.0. The predicted octanol–water partition coefficient (Wildman–Crippen LogP) is 4.85. The van der Waals surface area contributed by atoms with Gasteiger partial charge in [-0.2, -0.15) is 0 Å². The van der Waals surface area contributed by atoms with Crippen LogP contribution >= 0.6 is 0 Å². The van der Waals surface area contributed by atoms with Crippen molar-refractivity contribution in [3.63, 3.8) is 0 Å². The Kier molecular flexibility index (Phi) is 7.54. The number of piperidine rings is 1. The Balaban J connectivity index is 1.25. The first kappa shape index (κ1) is 26.0. The maximum absolute atomic E-state index is 13.4. The molecule has 38 heavy (non-hydrogen) atoms. The van der Waals surface area contributed by atoms with E-state index in [-0.39, 0.29) is 11.8 Å². The minimum Gasteiger partial charge on any atom is -0.387 e. The van der Waals surface area contributed by atoms with Gasteiger partial charge in [0.15, 0.2) is 0 Å². The van der Waals surface area contributed by atoms with Crippen molar-refractivity contribution in [3.8, 4) is 0 Å². The van der Waals surface area contributed by atoms with Crippen LogP contribution in [0.5, 0.6) is 0 Å². The maximum Gasteiger partial charge on any atom is 0.253 e. The molecule has 200 valence electrons. The fourth-order valence-corrected chi connectivity index (χ4v) is 5.99. The van der Waals surface area contributed by atoms with E-state index in [4.69, 9.17) is 5.73 Å². The summed E-state index contributed by atoms with van der Waals surface area (Å²) in [5.41, 5.74) is 10.6. The molecule has 2 aromatic rings. The molecular formula is C31H39N5O2. The lowest BCUT2D eigenvalue weighted by Crippen LogP contribution is -2.61. The first-order chi connectivity index (χ1) is 18.4. The second-order valence-corrected chi connectivity index (χ2v) is 11.0. The van der Waals surface area contributed by atoms with Crippen molar-refractivity contribution < 1.29 is 9.59 Å². The largest absolute Gasteiger partial charge is 0.387 e. The summed E-state index contributed by atoms with van der Waals surface area (Å²) in [5, 5.41) is 0. The molecule has 0 bridgehead atoms. The van der Waals surface area contributed by atoms with Crippen molar-refractivity contribution in [3.05, 3.63) is 65.2 Å². The number of rotatable bonds is 7. The smallest absolute Gasteiger partial charge is 0.253 e. The maximum atomic E-state index is 13.4. The molecule has 5 rings (SSSR count). The van der Waals surface area contributed by atoms with Crippen LogP contribution in [0.2, 0.25) is 0 Å². The number of hydrogen-bond donors (Lipinski definition) is 1. The average Bonchev–Trinajstić information content (AvgIpc) is 3.08. The van der Waals surface area contributed by atoms with Crippen molar-refractivity contribution in [2.45, 2.75) is 46.0 Å². The zero-order chi connectivity index (χ0) is 26.7. The number of likely N-dealkylation sites (tertiary alicyclic amines) is 1. The summed E-state index contributed by atoms with van der Waals surface area (Å²) in [4.78, 5) is 37.5. The molecule has 2 saturated heterocycles. The summed E-state index contributed by atoms with van der Waals surface area (Å²) in [6, 6.07) is 16.1. The molecule has 2 amide bonds. The third-order valence-electron chi connectivity index (χ3n) is 8.08. The Morgan fingerprint density at radius 3 is 2.34 bits per heavy atom. The molecule has 3 aliphatic rings. The highest BCUT2D eigenvalue weighted by molar-refractivity contribution is 6.06. The monoisotopic (exact) mass is 513 g/mol. The Labute approximate surface area is 226 Å². The highest BCUT2D eigenvalue weighted by Gasteiger charge is 2.45. The van der Waals surface area contributed by atoms with E-state index >= 15 is 0 Å². The number of carbonyl (C=O) groups is 2. The molecule has 0 aliphatic carbocycles. The number of carbonyl (C=O) groups excluding carboxylic acids is 2. The number of nitrogens with two attached hydrogens (primary N) is 1. The van der Waals surface area contributed by atoms with Crippen LogP contribution in [0.3, 0.4) is 0 Å². The molecule has 0 aromatic heterocycles. The SMILES string of the molecule is CCCN(CCC)C(=O)C1=Cc2ccc(C(=O)N3CCC4(CC3)CN(c3ccccc3)C4)cc2N=C(N)C1. The van der Waals surface area contributed by atoms with Gasteiger partial charge in [-0.05, 0) is 56.0 Å². The normalized spacial score (nSPS) is 18.2. The Bertz CT molecular complexity index is 1230. The third kappa shape index (κ3) is 5.33. The van der Waals surface area contributed by atoms with Crippen LogP contribution in [-0.2, 0) is 4.79 Å². The highest BCUT2D eigenvalue weighted by Crippen LogP contribution is 2.42. The first-order valence-corrected chi connectivity index (χ1v) is 14.0. The van der Waals surface area contributed by atoms with Gasteiger partial charge in [-0.25, -0.2) is 4.99 Å². The number of benzene rings is 2. The fraction of sp³-hybridized carbons (Fsp3) is 0.452. The van der Waals surface area contributed by atoms with Gasteiger partial charge in [-0.3, -0.25) is 9.59 Å². The molecule has 7 nitrogen and oxygen atoms in total. The molecule has 2 fully saturated rings. The van der Waals surface area contributed by atoms with Gasteiger partial charge >= 0.3 is 0 Å². The number of fused-ring (bicyclic) bond motifs is 1. The second-order valence-electron chi connectivity index (χ2n) is 11.0. The number of anilines is 1. The summed E-state index contributed by atoms with van der Waals surface area (Å²) in [7, 11) is 0. The van der Waals surface area contributed by atoms with E-state index in [0.717, 1.165) is 70.5 Å². The number of aliphatic imine (C=N–C) groups is 1. The lowest BCUT2D eigenvalue weighted by molar-refractivity contribution is -0.127. The van der Waals surface area contributed by atoms with Crippen LogP contribution < -0.4 is 10.6 Å². The summed E-state index contributed by atoms with van der Waals surface area (Å²) >= 11 is 0. The molecular weight excluding hydrogens is 474 g/mol. The fourth-order valence-electron chi connectivity index (χ4n) is 5.99. The molecule has 3 aliphatic heterocycles. The van der Waals surface area contributed by atoms with Crippen LogP contribution in [-0.4, -0.2) is 66.7 Å². The third-order valence-corrected chi connectivity index (χ3v) is 8.08. The van der Waals surface area contributed by atoms with Crippen molar-refractivity contribution in [2.75, 3.05) is 44.2 Å². The summed E-state index contributed by atoms with van der Waals surface area (Å²) in [6.45, 7) is 9.27. The Hall–Kier alpha value is -3.61. The number of hydrogen-bond acceptors (Lipinski definition) is 5. The quantitative estimate of drug-likeness (QED) is 0.574. The van der Waals surface area contributed by atoms with E-state index in [2.05, 4.69) is 54.1 Å². The zero-order valence-corrected chi connectivity index (χ0v) is 22.7. The van der Waals surface area contributed by atoms with Gasteiger partial charge in [0, 0.05) is 73.5 Å². The first-order valence-electron chi connectivity index (χ1n) is 14.0. The summed E-state index contributed by atoms with van der Waals surface area (Å²) in [5.74, 6) is 0.454. The van der Waals surface area contributed by atoms with E-state index < -0.39 is 0 Å². The lowest BCUT2D eigenvalue weighted by atomic mass is 9.71. The number of para-hydroxylation sites is 1. The highest BCUT2D eigenvalue weighted by atomic mass is 16.2. The molecule has 2 aromatic carbocycles. The number of nitrogens with zero attached hydrogens (tertiary/aromatic N) is 4. The standard InChI is InChI=1S/C31H39N5O2/c1-3-14-34(15-4-2)30(38)25-18-23-10-11-24(19-27(23)33-28(32)20-25)29(37)35-16-12-31(13-17-35)21-36(22-31)26-8-6-5-7-9-26/h5-11,18-19H,3-4,12-17,20-22H2,1-2H3,(H2,32,33). The van der Waals surface area contributed by atoms with Crippen molar-refractivity contribution in [1.29, 1.82) is 0 Å². The van der Waals surface area contributed by atoms with Gasteiger partial charge in [-0.1, -0.05) is 38.1 Å². The molecule has 7 heteroatoms. The Morgan fingerprint density at radius 1 is 1.00 bits per heavy atom. The van der Waals surface area contributed by atoms with Gasteiger partial charge in [-0.15, -0.1) is 0 Å². The average molecular weight is 514 g/mol. The van der Waals surface area contributed by atoms with Gasteiger partial charge in [0.1, 0.15) is 5.84 Å². The Morgan fingerprint density at radius 2 is 1.68 bits per heavy atom. The molecule has 3 heterocycles. The van der Waals surface area contributed by atoms with E-state index in [0.29, 0.717) is 34.5 Å². The van der Waals surface area contributed by atoms with Crippen LogP contribution in [0.4, 0.5) is 11.4 Å². The van der Waals surface area contributed by atoms with Gasteiger partial charge in [0.2, 0.25) is 5.91 Å². The molecule has 0 radical (unpaired) electrons. The zero-order valence-electron chi connectivity index (χ0n) is 22.7. The number of amides is 2. The van der Waals surface area contributed by atoms with Crippen molar-refractivity contribution >= 4 is 35.1 Å². The van der Waals surface area contributed by atoms with Crippen LogP contribution in [0.25, 0.3) is 6.08 Å². The molecule has 0 unspecified atom stereocenters. The minimum atomic E-state index is 0.0175. The summed E-state index contributed by atoms with van der Waals surface area (Å²) < 4.78 is 0.